The number of pyridine rings is 1. The van der Waals surface area contributed by atoms with Crippen LogP contribution >= 0.6 is 11.6 Å². The molecule has 0 amide bonds. The predicted molar refractivity (Wildman–Crippen MR) is 81.2 cm³/mol. The molecule has 0 aliphatic carbocycles. The molecule has 110 valence electrons. The third-order valence-corrected chi connectivity index (χ3v) is 2.85. The standard InChI is InChI=1S/C14H14ClN3O3/c1-2-8-16-13-4-3-5-14(17-13)21-12-9-10(15)6-7-11(12)18(19)20/h3-7,9H,2,8H2,1H3,(H,16,17). The minimum atomic E-state index is -0.523. The van der Waals surface area contributed by atoms with Crippen LogP contribution in [0.15, 0.2) is 36.4 Å². The molecular formula is C14H14ClN3O3. The van der Waals surface area contributed by atoms with Crippen molar-refractivity contribution in [3.63, 3.8) is 0 Å². The molecule has 1 heterocycles. The van der Waals surface area contributed by atoms with Gasteiger partial charge in [-0.1, -0.05) is 24.6 Å². The van der Waals surface area contributed by atoms with Crippen molar-refractivity contribution in [3.05, 3.63) is 51.5 Å². The van der Waals surface area contributed by atoms with Crippen molar-refractivity contribution in [3.8, 4) is 11.6 Å². The van der Waals surface area contributed by atoms with E-state index in [9.17, 15) is 10.1 Å². The number of aromatic nitrogens is 1. The van der Waals surface area contributed by atoms with Crippen molar-refractivity contribution in [1.29, 1.82) is 0 Å². The van der Waals surface area contributed by atoms with Crippen LogP contribution in [0.4, 0.5) is 11.5 Å². The van der Waals surface area contributed by atoms with E-state index in [4.69, 9.17) is 16.3 Å². The first-order chi connectivity index (χ1) is 10.1. The Hall–Kier alpha value is -2.34. The van der Waals surface area contributed by atoms with Crippen LogP contribution in [-0.2, 0) is 0 Å². The maximum absolute atomic E-state index is 11.0. The third kappa shape index (κ3) is 4.06. The fourth-order valence-corrected chi connectivity index (χ4v) is 1.82. The molecular weight excluding hydrogens is 294 g/mol. The quantitative estimate of drug-likeness (QED) is 0.637. The van der Waals surface area contributed by atoms with Crippen molar-refractivity contribution < 1.29 is 9.66 Å². The van der Waals surface area contributed by atoms with E-state index in [0.717, 1.165) is 13.0 Å². The molecule has 0 unspecified atom stereocenters. The number of nitrogens with zero attached hydrogens (tertiary/aromatic N) is 2. The van der Waals surface area contributed by atoms with E-state index in [2.05, 4.69) is 10.3 Å². The van der Waals surface area contributed by atoms with E-state index in [1.165, 1.54) is 18.2 Å². The largest absolute Gasteiger partial charge is 0.432 e. The Morgan fingerprint density at radius 2 is 2.19 bits per heavy atom. The van der Waals surface area contributed by atoms with Gasteiger partial charge in [-0.25, -0.2) is 0 Å². The van der Waals surface area contributed by atoms with Gasteiger partial charge in [0.25, 0.3) is 0 Å². The number of nitrogens with one attached hydrogen (secondary N) is 1. The van der Waals surface area contributed by atoms with Crippen molar-refractivity contribution in [2.45, 2.75) is 13.3 Å². The monoisotopic (exact) mass is 307 g/mol. The molecule has 0 aliphatic heterocycles. The summed E-state index contributed by atoms with van der Waals surface area (Å²) in [5, 5.41) is 14.5. The van der Waals surface area contributed by atoms with Gasteiger partial charge >= 0.3 is 5.69 Å². The number of nitro benzene ring substituents is 1. The van der Waals surface area contributed by atoms with Crippen LogP contribution in [0.5, 0.6) is 11.6 Å². The Kier molecular flexibility index (Phi) is 4.94. The highest BCUT2D eigenvalue weighted by Crippen LogP contribution is 2.33. The van der Waals surface area contributed by atoms with E-state index < -0.39 is 4.92 Å². The first-order valence-electron chi connectivity index (χ1n) is 6.43. The molecule has 0 fully saturated rings. The van der Waals surface area contributed by atoms with Crippen LogP contribution < -0.4 is 10.1 Å². The maximum Gasteiger partial charge on any atom is 0.311 e. The lowest BCUT2D eigenvalue weighted by atomic mass is 10.3. The normalized spacial score (nSPS) is 10.2. The predicted octanol–water partition coefficient (Wildman–Crippen LogP) is 4.26. The van der Waals surface area contributed by atoms with Gasteiger partial charge in [-0.2, -0.15) is 4.98 Å². The van der Waals surface area contributed by atoms with Gasteiger partial charge in [0.1, 0.15) is 5.82 Å². The van der Waals surface area contributed by atoms with Crippen molar-refractivity contribution >= 4 is 23.1 Å². The van der Waals surface area contributed by atoms with Crippen molar-refractivity contribution in [2.75, 3.05) is 11.9 Å². The highest BCUT2D eigenvalue weighted by Gasteiger charge is 2.16. The van der Waals surface area contributed by atoms with E-state index in [1.807, 2.05) is 6.92 Å². The minimum absolute atomic E-state index is 0.0626. The van der Waals surface area contributed by atoms with Crippen LogP contribution in [0.1, 0.15) is 13.3 Å². The van der Waals surface area contributed by atoms with Gasteiger partial charge in [0, 0.05) is 29.8 Å². The van der Waals surface area contributed by atoms with Crippen LogP contribution in [-0.4, -0.2) is 16.5 Å². The van der Waals surface area contributed by atoms with Crippen LogP contribution in [0.2, 0.25) is 5.02 Å². The maximum atomic E-state index is 11.0. The van der Waals surface area contributed by atoms with Gasteiger partial charge in [-0.15, -0.1) is 0 Å². The van der Waals surface area contributed by atoms with Gasteiger partial charge in [0.2, 0.25) is 11.6 Å². The molecule has 6 nitrogen and oxygen atoms in total. The average Bonchev–Trinajstić information content (AvgIpc) is 2.45. The molecule has 7 heteroatoms. The van der Waals surface area contributed by atoms with E-state index in [0.29, 0.717) is 10.8 Å². The smallest absolute Gasteiger partial charge is 0.311 e. The molecule has 21 heavy (non-hydrogen) atoms. The zero-order valence-electron chi connectivity index (χ0n) is 11.4. The molecule has 1 aromatic carbocycles. The fraction of sp³-hybridized carbons (Fsp3) is 0.214. The number of hydrogen-bond acceptors (Lipinski definition) is 5. The Morgan fingerprint density at radius 1 is 1.38 bits per heavy atom. The lowest BCUT2D eigenvalue weighted by Crippen LogP contribution is -2.02. The molecule has 0 saturated carbocycles. The Labute approximate surface area is 126 Å². The van der Waals surface area contributed by atoms with Gasteiger partial charge in [-0.3, -0.25) is 10.1 Å². The van der Waals surface area contributed by atoms with E-state index >= 15 is 0 Å². The number of rotatable bonds is 6. The molecule has 0 spiro atoms. The van der Waals surface area contributed by atoms with Crippen LogP contribution in [0.3, 0.4) is 0 Å². The lowest BCUT2D eigenvalue weighted by Gasteiger charge is -2.08. The fourth-order valence-electron chi connectivity index (χ4n) is 1.66. The molecule has 1 aromatic heterocycles. The number of hydrogen-bond donors (Lipinski definition) is 1. The summed E-state index contributed by atoms with van der Waals surface area (Å²) in [5.74, 6) is 0.980. The Balaban J connectivity index is 2.25. The molecule has 0 saturated heterocycles. The zero-order valence-corrected chi connectivity index (χ0v) is 12.1. The second-order valence-electron chi connectivity index (χ2n) is 4.26. The third-order valence-electron chi connectivity index (χ3n) is 2.61. The van der Waals surface area contributed by atoms with Gasteiger partial charge in [0.05, 0.1) is 4.92 Å². The highest BCUT2D eigenvalue weighted by molar-refractivity contribution is 6.30. The number of halogens is 1. The minimum Gasteiger partial charge on any atom is -0.432 e. The first-order valence-corrected chi connectivity index (χ1v) is 6.80. The topological polar surface area (TPSA) is 77.3 Å². The van der Waals surface area contributed by atoms with Crippen molar-refractivity contribution in [2.24, 2.45) is 0 Å². The summed E-state index contributed by atoms with van der Waals surface area (Å²) in [7, 11) is 0. The molecule has 1 N–H and O–H groups in total. The van der Waals surface area contributed by atoms with Gasteiger partial charge in [0.15, 0.2) is 0 Å². The first kappa shape index (κ1) is 15.1. The van der Waals surface area contributed by atoms with E-state index in [1.54, 1.807) is 18.2 Å². The summed E-state index contributed by atoms with van der Waals surface area (Å²) in [6, 6.07) is 9.33. The highest BCUT2D eigenvalue weighted by atomic mass is 35.5. The number of ether oxygens (including phenoxy) is 1. The van der Waals surface area contributed by atoms with Crippen molar-refractivity contribution in [1.82, 2.24) is 4.98 Å². The lowest BCUT2D eigenvalue weighted by molar-refractivity contribution is -0.385. The zero-order chi connectivity index (χ0) is 15.2. The Bertz CT molecular complexity index is 649. The molecule has 2 aromatic rings. The summed E-state index contributed by atoms with van der Waals surface area (Å²) in [6.45, 7) is 2.83. The molecule has 0 radical (unpaired) electrons. The summed E-state index contributed by atoms with van der Waals surface area (Å²) in [6.07, 6.45) is 0.965. The Morgan fingerprint density at radius 3 is 2.90 bits per heavy atom. The van der Waals surface area contributed by atoms with E-state index in [-0.39, 0.29) is 17.3 Å². The average molecular weight is 308 g/mol. The van der Waals surface area contributed by atoms with Crippen LogP contribution in [0, 0.1) is 10.1 Å². The molecule has 0 atom stereocenters. The van der Waals surface area contributed by atoms with Gasteiger partial charge in [-0.05, 0) is 18.6 Å². The molecule has 0 aliphatic rings. The van der Waals surface area contributed by atoms with Crippen LogP contribution in [0.25, 0.3) is 0 Å². The number of nitro groups is 1. The summed E-state index contributed by atoms with van der Waals surface area (Å²) >= 11 is 5.85. The second-order valence-corrected chi connectivity index (χ2v) is 4.70. The second kappa shape index (κ2) is 6.90. The SMILES string of the molecule is CCCNc1cccc(Oc2cc(Cl)ccc2[N+](=O)[O-])n1. The number of anilines is 1. The van der Waals surface area contributed by atoms with Gasteiger partial charge < -0.3 is 10.1 Å². The summed E-state index contributed by atoms with van der Waals surface area (Å²) < 4.78 is 5.50. The summed E-state index contributed by atoms with van der Waals surface area (Å²) in [5.41, 5.74) is -0.159. The molecule has 0 bridgehead atoms. The summed E-state index contributed by atoms with van der Waals surface area (Å²) in [4.78, 5) is 14.7. The molecule has 2 rings (SSSR count). The number of benzene rings is 1.